The van der Waals surface area contributed by atoms with Crippen molar-refractivity contribution in [1.29, 1.82) is 0 Å². The molecule has 172 valence electrons. The zero-order valence-electron chi connectivity index (χ0n) is 19.1. The second kappa shape index (κ2) is 7.52. The molecule has 5 fully saturated rings. The Morgan fingerprint density at radius 3 is 2.84 bits per heavy atom. The number of hydrogen-bond acceptors (Lipinski definition) is 5. The van der Waals surface area contributed by atoms with E-state index in [0.717, 1.165) is 25.3 Å². The van der Waals surface area contributed by atoms with E-state index in [-0.39, 0.29) is 34.5 Å². The van der Waals surface area contributed by atoms with Crippen molar-refractivity contribution in [3.63, 3.8) is 0 Å². The van der Waals surface area contributed by atoms with Crippen LogP contribution in [-0.2, 0) is 14.1 Å². The monoisotopic (exact) mass is 443 g/mol. The third-order valence-electron chi connectivity index (χ3n) is 8.57. The molecule has 2 amide bonds. The molecule has 1 N–H and O–H groups in total. The first-order valence-corrected chi connectivity index (χ1v) is 11.7. The lowest BCUT2D eigenvalue weighted by molar-refractivity contribution is -0.199. The standard InChI is InChI=1S/C23H31BFN3O4/c1-13(27-20(29)14-7-8-26-19(25)10-14)21(30)28-9-5-6-18(28)24-31-17-12-15-11-16(22(15,2)3)23(17,4)32-24/h7-8,10,13,15-18H,5-6,9,11-12H2,1-4H3,(H,27,29)/t13-,15?,16?,17?,18?,23+/m1/s1. The van der Waals surface area contributed by atoms with Gasteiger partial charge in [-0.05, 0) is 62.8 Å². The molecule has 1 aromatic rings. The highest BCUT2D eigenvalue weighted by Crippen LogP contribution is 2.65. The van der Waals surface area contributed by atoms with Crippen LogP contribution in [0.3, 0.4) is 0 Å². The molecule has 2 aliphatic heterocycles. The molecule has 5 aliphatic rings. The van der Waals surface area contributed by atoms with Gasteiger partial charge in [0, 0.05) is 24.4 Å². The minimum Gasteiger partial charge on any atom is -0.404 e. The second-order valence-corrected chi connectivity index (χ2v) is 10.6. The van der Waals surface area contributed by atoms with Gasteiger partial charge >= 0.3 is 7.12 Å². The maximum absolute atomic E-state index is 13.3. The summed E-state index contributed by atoms with van der Waals surface area (Å²) in [5.74, 6) is -0.439. The van der Waals surface area contributed by atoms with E-state index in [4.69, 9.17) is 9.31 Å². The quantitative estimate of drug-likeness (QED) is 0.572. The van der Waals surface area contributed by atoms with Gasteiger partial charge in [-0.1, -0.05) is 13.8 Å². The van der Waals surface area contributed by atoms with Crippen LogP contribution in [0.2, 0.25) is 0 Å². The SMILES string of the molecule is C[C@@H](NC(=O)c1ccnc(F)c1)C(=O)N1CCCC1B1OC2CC3CC(C3(C)C)[C@]2(C)O1. The minimum atomic E-state index is -0.745. The highest BCUT2D eigenvalue weighted by Gasteiger charge is 2.69. The molecule has 32 heavy (non-hydrogen) atoms. The fraction of sp³-hybridized carbons (Fsp3) is 0.696. The smallest absolute Gasteiger partial charge is 0.404 e. The number of nitrogens with one attached hydrogen (secondary N) is 1. The van der Waals surface area contributed by atoms with Crippen molar-refractivity contribution in [2.45, 2.75) is 77.1 Å². The number of carbonyl (C=O) groups excluding carboxylic acids is 2. The fourth-order valence-electron chi connectivity index (χ4n) is 6.55. The summed E-state index contributed by atoms with van der Waals surface area (Å²) in [4.78, 5) is 30.9. The largest absolute Gasteiger partial charge is 0.481 e. The van der Waals surface area contributed by atoms with Crippen molar-refractivity contribution in [2.24, 2.45) is 17.3 Å². The van der Waals surface area contributed by atoms with Crippen molar-refractivity contribution >= 4 is 18.9 Å². The molecule has 2 saturated heterocycles. The van der Waals surface area contributed by atoms with Crippen molar-refractivity contribution in [3.8, 4) is 0 Å². The third kappa shape index (κ3) is 3.27. The van der Waals surface area contributed by atoms with Crippen molar-refractivity contribution in [2.75, 3.05) is 6.54 Å². The summed E-state index contributed by atoms with van der Waals surface area (Å²) in [5.41, 5.74) is 0.0851. The van der Waals surface area contributed by atoms with E-state index >= 15 is 0 Å². The van der Waals surface area contributed by atoms with E-state index in [9.17, 15) is 14.0 Å². The predicted molar refractivity (Wildman–Crippen MR) is 116 cm³/mol. The first-order valence-electron chi connectivity index (χ1n) is 11.7. The molecule has 2 bridgehead atoms. The summed E-state index contributed by atoms with van der Waals surface area (Å²) in [6, 6.07) is 1.73. The summed E-state index contributed by atoms with van der Waals surface area (Å²) in [7, 11) is -0.441. The van der Waals surface area contributed by atoms with Gasteiger partial charge in [-0.15, -0.1) is 0 Å². The topological polar surface area (TPSA) is 80.8 Å². The second-order valence-electron chi connectivity index (χ2n) is 10.6. The number of carbonyl (C=O) groups is 2. The molecule has 0 aromatic carbocycles. The lowest BCUT2D eigenvalue weighted by Crippen LogP contribution is -2.65. The summed E-state index contributed by atoms with van der Waals surface area (Å²) in [6.07, 6.45) is 5.17. The number of rotatable bonds is 4. The average molecular weight is 443 g/mol. The Morgan fingerprint density at radius 2 is 2.12 bits per heavy atom. The first kappa shape index (κ1) is 21.8. The summed E-state index contributed by atoms with van der Waals surface area (Å²) < 4.78 is 26.3. The lowest BCUT2D eigenvalue weighted by atomic mass is 9.43. The summed E-state index contributed by atoms with van der Waals surface area (Å²) in [6.45, 7) is 9.10. The van der Waals surface area contributed by atoms with E-state index < -0.39 is 25.0 Å². The Labute approximate surface area is 188 Å². The van der Waals surface area contributed by atoms with Gasteiger partial charge in [-0.25, -0.2) is 4.98 Å². The molecule has 3 saturated carbocycles. The Balaban J connectivity index is 1.26. The third-order valence-corrected chi connectivity index (χ3v) is 8.57. The maximum atomic E-state index is 13.3. The Bertz CT molecular complexity index is 946. The van der Waals surface area contributed by atoms with Gasteiger partial charge in [-0.2, -0.15) is 4.39 Å². The molecule has 3 aliphatic carbocycles. The Kier molecular flexibility index (Phi) is 5.13. The molecule has 4 unspecified atom stereocenters. The summed E-state index contributed by atoms with van der Waals surface area (Å²) in [5, 5.41) is 2.69. The van der Waals surface area contributed by atoms with E-state index in [2.05, 4.69) is 31.1 Å². The van der Waals surface area contributed by atoms with Gasteiger partial charge in [0.25, 0.3) is 5.91 Å². The van der Waals surface area contributed by atoms with Gasteiger partial charge in [0.15, 0.2) is 0 Å². The van der Waals surface area contributed by atoms with Gasteiger partial charge in [-0.3, -0.25) is 9.59 Å². The molecule has 6 atom stereocenters. The zero-order chi connectivity index (χ0) is 22.8. The van der Waals surface area contributed by atoms with Crippen LogP contribution in [0.5, 0.6) is 0 Å². The van der Waals surface area contributed by atoms with Crippen molar-refractivity contribution in [1.82, 2.24) is 15.2 Å². The van der Waals surface area contributed by atoms with Gasteiger partial charge in [0.2, 0.25) is 11.9 Å². The van der Waals surface area contributed by atoms with Crippen LogP contribution in [-0.4, -0.2) is 59.0 Å². The maximum Gasteiger partial charge on any atom is 0.481 e. The molecule has 0 radical (unpaired) electrons. The number of hydrogen-bond donors (Lipinski definition) is 1. The summed E-state index contributed by atoms with van der Waals surface area (Å²) >= 11 is 0. The van der Waals surface area contributed by atoms with Crippen LogP contribution in [0.25, 0.3) is 0 Å². The molecule has 1 aromatic heterocycles. The normalized spacial score (nSPS) is 35.8. The molecular formula is C23H31BFN3O4. The predicted octanol–water partition coefficient (Wildman–Crippen LogP) is 2.60. The number of halogens is 1. The number of pyridine rings is 1. The average Bonchev–Trinajstić information content (AvgIpc) is 3.36. The fourth-order valence-corrected chi connectivity index (χ4v) is 6.55. The van der Waals surface area contributed by atoms with Crippen LogP contribution in [0.1, 0.15) is 63.7 Å². The minimum absolute atomic E-state index is 0.0699. The van der Waals surface area contributed by atoms with Crippen LogP contribution in [0.15, 0.2) is 18.3 Å². The van der Waals surface area contributed by atoms with E-state index in [1.165, 1.54) is 18.7 Å². The van der Waals surface area contributed by atoms with Gasteiger partial charge in [0.1, 0.15) is 6.04 Å². The molecule has 9 heteroatoms. The van der Waals surface area contributed by atoms with Crippen molar-refractivity contribution in [3.05, 3.63) is 29.8 Å². The zero-order valence-corrected chi connectivity index (χ0v) is 19.1. The van der Waals surface area contributed by atoms with Crippen molar-refractivity contribution < 1.29 is 23.3 Å². The number of likely N-dealkylation sites (tertiary alicyclic amines) is 1. The molecule has 7 nitrogen and oxygen atoms in total. The Morgan fingerprint density at radius 1 is 1.34 bits per heavy atom. The number of amides is 2. The van der Waals surface area contributed by atoms with Gasteiger partial charge < -0.3 is 19.5 Å². The first-order chi connectivity index (χ1) is 15.1. The van der Waals surface area contributed by atoms with Crippen LogP contribution in [0, 0.1) is 23.2 Å². The van der Waals surface area contributed by atoms with Crippen LogP contribution < -0.4 is 5.32 Å². The van der Waals surface area contributed by atoms with Crippen LogP contribution in [0.4, 0.5) is 4.39 Å². The molecular weight excluding hydrogens is 412 g/mol. The lowest BCUT2D eigenvalue weighted by Gasteiger charge is -2.64. The Hall–Kier alpha value is -2.00. The highest BCUT2D eigenvalue weighted by atomic mass is 19.1. The van der Waals surface area contributed by atoms with Gasteiger partial charge in [0.05, 0.1) is 17.6 Å². The molecule has 0 spiro atoms. The highest BCUT2D eigenvalue weighted by molar-refractivity contribution is 6.48. The number of aromatic nitrogens is 1. The molecule has 3 heterocycles. The molecule has 6 rings (SSSR count). The van der Waals surface area contributed by atoms with E-state index in [1.807, 2.05) is 0 Å². The van der Waals surface area contributed by atoms with E-state index in [1.54, 1.807) is 11.8 Å². The van der Waals surface area contributed by atoms with E-state index in [0.29, 0.717) is 18.4 Å². The number of nitrogens with zero attached hydrogens (tertiary/aromatic N) is 2. The van der Waals surface area contributed by atoms with Crippen LogP contribution >= 0.6 is 0 Å².